The number of rotatable bonds is 4. The van der Waals surface area contributed by atoms with Crippen molar-refractivity contribution in [2.24, 2.45) is 0 Å². The van der Waals surface area contributed by atoms with Crippen molar-refractivity contribution >= 4 is 11.6 Å². The van der Waals surface area contributed by atoms with Crippen LogP contribution in [-0.4, -0.2) is 23.7 Å². The number of ether oxygens (including phenoxy) is 1. The Hall–Kier alpha value is -0.730. The molecule has 0 fully saturated rings. The largest absolute Gasteiger partial charge is 0.491 e. The minimum Gasteiger partial charge on any atom is -0.491 e. The van der Waals surface area contributed by atoms with Crippen molar-refractivity contribution in [3.63, 3.8) is 0 Å². The molecule has 0 amide bonds. The molecule has 0 saturated carbocycles. The summed E-state index contributed by atoms with van der Waals surface area (Å²) in [6.07, 6.45) is -0.596. The third-order valence-corrected chi connectivity index (χ3v) is 2.06. The van der Waals surface area contributed by atoms with Crippen LogP contribution in [0.2, 0.25) is 0 Å². The van der Waals surface area contributed by atoms with Crippen LogP contribution in [0, 0.1) is 6.92 Å². The minimum atomic E-state index is -0.596. The molecular weight excluding hydrogens is 188 g/mol. The molecule has 1 aromatic carbocycles. The Labute approximate surface area is 83.1 Å². The first-order valence-electron chi connectivity index (χ1n) is 4.16. The molecule has 0 aliphatic carbocycles. The first-order chi connectivity index (χ1) is 6.24. The predicted octanol–water partition coefficient (Wildman–Crippen LogP) is 1.97. The lowest BCUT2D eigenvalue weighted by Crippen LogP contribution is -2.19. The van der Waals surface area contributed by atoms with Gasteiger partial charge < -0.3 is 9.84 Å². The normalized spacial score (nSPS) is 12.5. The third kappa shape index (κ3) is 3.25. The predicted molar refractivity (Wildman–Crippen MR) is 53.4 cm³/mol. The number of benzene rings is 1. The Morgan fingerprint density at radius 3 is 2.77 bits per heavy atom. The second-order valence-corrected chi connectivity index (χ2v) is 3.19. The van der Waals surface area contributed by atoms with Gasteiger partial charge in [0.15, 0.2) is 0 Å². The fourth-order valence-electron chi connectivity index (χ4n) is 0.949. The molecule has 1 unspecified atom stereocenters. The molecule has 72 valence electrons. The van der Waals surface area contributed by atoms with E-state index in [4.69, 9.17) is 21.4 Å². The summed E-state index contributed by atoms with van der Waals surface area (Å²) >= 11 is 5.43. The van der Waals surface area contributed by atoms with Crippen LogP contribution in [0.3, 0.4) is 0 Å². The Kier molecular flexibility index (Phi) is 4.06. The summed E-state index contributed by atoms with van der Waals surface area (Å²) in [5.41, 5.74) is 1.06. The maximum atomic E-state index is 9.15. The standard InChI is InChI=1S/C10H13ClO2/c1-8-4-2-3-5-10(8)13-7-9(12)6-11/h2-5,9,12H,6-7H2,1H3. The lowest BCUT2D eigenvalue weighted by atomic mass is 10.2. The molecule has 0 aliphatic rings. The fraction of sp³-hybridized carbons (Fsp3) is 0.400. The molecule has 1 rings (SSSR count). The lowest BCUT2D eigenvalue weighted by Gasteiger charge is -2.11. The summed E-state index contributed by atoms with van der Waals surface area (Å²) in [4.78, 5) is 0. The highest BCUT2D eigenvalue weighted by molar-refractivity contribution is 6.18. The molecule has 0 saturated heterocycles. The minimum absolute atomic E-state index is 0.200. The topological polar surface area (TPSA) is 29.5 Å². The maximum absolute atomic E-state index is 9.15. The van der Waals surface area contributed by atoms with E-state index in [1.807, 2.05) is 31.2 Å². The summed E-state index contributed by atoms with van der Waals surface area (Å²) in [7, 11) is 0. The zero-order valence-electron chi connectivity index (χ0n) is 7.53. The van der Waals surface area contributed by atoms with Gasteiger partial charge in [0, 0.05) is 0 Å². The summed E-state index contributed by atoms with van der Waals surface area (Å²) in [6, 6.07) is 7.67. The first kappa shape index (κ1) is 10.4. The highest BCUT2D eigenvalue weighted by Crippen LogP contribution is 2.16. The molecule has 0 spiro atoms. The molecule has 1 aromatic rings. The van der Waals surface area contributed by atoms with Gasteiger partial charge in [-0.15, -0.1) is 11.6 Å². The van der Waals surface area contributed by atoms with E-state index in [9.17, 15) is 0 Å². The van der Waals surface area contributed by atoms with Crippen LogP contribution in [0.1, 0.15) is 5.56 Å². The van der Waals surface area contributed by atoms with Crippen LogP contribution in [0.5, 0.6) is 5.75 Å². The molecule has 1 atom stereocenters. The van der Waals surface area contributed by atoms with Crippen molar-refractivity contribution < 1.29 is 9.84 Å². The van der Waals surface area contributed by atoms with E-state index in [0.717, 1.165) is 11.3 Å². The molecule has 0 aliphatic heterocycles. The van der Waals surface area contributed by atoms with Gasteiger partial charge in [-0.1, -0.05) is 18.2 Å². The number of aliphatic hydroxyl groups is 1. The molecule has 0 radical (unpaired) electrons. The van der Waals surface area contributed by atoms with Crippen LogP contribution in [0.15, 0.2) is 24.3 Å². The zero-order valence-corrected chi connectivity index (χ0v) is 8.29. The molecular formula is C10H13ClO2. The summed E-state index contributed by atoms with van der Waals surface area (Å²) in [6.45, 7) is 2.21. The van der Waals surface area contributed by atoms with Crippen LogP contribution < -0.4 is 4.74 Å². The summed E-state index contributed by atoms with van der Waals surface area (Å²) < 4.78 is 5.36. The van der Waals surface area contributed by atoms with Crippen molar-refractivity contribution in [1.29, 1.82) is 0 Å². The van der Waals surface area contributed by atoms with Crippen molar-refractivity contribution in [2.75, 3.05) is 12.5 Å². The Morgan fingerprint density at radius 2 is 2.15 bits per heavy atom. The molecule has 0 aromatic heterocycles. The number of halogens is 1. The average Bonchev–Trinajstić information content (AvgIpc) is 2.16. The van der Waals surface area contributed by atoms with Gasteiger partial charge >= 0.3 is 0 Å². The first-order valence-corrected chi connectivity index (χ1v) is 4.70. The van der Waals surface area contributed by atoms with Gasteiger partial charge in [0.05, 0.1) is 5.88 Å². The number of aryl methyl sites for hydroxylation is 1. The van der Waals surface area contributed by atoms with Gasteiger partial charge in [-0.05, 0) is 18.6 Å². The van der Waals surface area contributed by atoms with Crippen molar-refractivity contribution in [3.8, 4) is 5.75 Å². The average molecular weight is 201 g/mol. The number of hydrogen-bond donors (Lipinski definition) is 1. The second kappa shape index (κ2) is 5.10. The van der Waals surface area contributed by atoms with E-state index < -0.39 is 6.10 Å². The highest BCUT2D eigenvalue weighted by Gasteiger charge is 2.03. The Balaban J connectivity index is 2.50. The van der Waals surface area contributed by atoms with E-state index in [0.29, 0.717) is 0 Å². The van der Waals surface area contributed by atoms with Crippen molar-refractivity contribution in [2.45, 2.75) is 13.0 Å². The zero-order chi connectivity index (χ0) is 9.68. The molecule has 2 nitrogen and oxygen atoms in total. The maximum Gasteiger partial charge on any atom is 0.122 e. The summed E-state index contributed by atoms with van der Waals surface area (Å²) in [5, 5.41) is 9.15. The SMILES string of the molecule is Cc1ccccc1OCC(O)CCl. The van der Waals surface area contributed by atoms with E-state index >= 15 is 0 Å². The number of hydrogen-bond acceptors (Lipinski definition) is 2. The van der Waals surface area contributed by atoms with Gasteiger partial charge in [0.1, 0.15) is 18.5 Å². The van der Waals surface area contributed by atoms with Gasteiger partial charge in [0.25, 0.3) is 0 Å². The van der Waals surface area contributed by atoms with E-state index in [2.05, 4.69) is 0 Å². The Bertz CT molecular complexity index is 263. The smallest absolute Gasteiger partial charge is 0.122 e. The van der Waals surface area contributed by atoms with Crippen LogP contribution in [0.25, 0.3) is 0 Å². The van der Waals surface area contributed by atoms with Gasteiger partial charge in [-0.2, -0.15) is 0 Å². The van der Waals surface area contributed by atoms with Crippen molar-refractivity contribution in [1.82, 2.24) is 0 Å². The number of alkyl halides is 1. The fourth-order valence-corrected chi connectivity index (χ4v) is 1.04. The number of aliphatic hydroxyl groups excluding tert-OH is 1. The second-order valence-electron chi connectivity index (χ2n) is 2.88. The van der Waals surface area contributed by atoms with Gasteiger partial charge in [-0.25, -0.2) is 0 Å². The number of para-hydroxylation sites is 1. The van der Waals surface area contributed by atoms with E-state index in [1.54, 1.807) is 0 Å². The van der Waals surface area contributed by atoms with E-state index in [1.165, 1.54) is 0 Å². The Morgan fingerprint density at radius 1 is 1.46 bits per heavy atom. The highest BCUT2D eigenvalue weighted by atomic mass is 35.5. The molecule has 3 heteroatoms. The quantitative estimate of drug-likeness (QED) is 0.754. The van der Waals surface area contributed by atoms with Gasteiger partial charge in [-0.3, -0.25) is 0 Å². The molecule has 1 N–H and O–H groups in total. The molecule has 0 heterocycles. The van der Waals surface area contributed by atoms with Crippen molar-refractivity contribution in [3.05, 3.63) is 29.8 Å². The summed E-state index contributed by atoms with van der Waals surface area (Å²) in [5.74, 6) is 0.998. The van der Waals surface area contributed by atoms with Crippen LogP contribution in [0.4, 0.5) is 0 Å². The molecule has 0 bridgehead atoms. The van der Waals surface area contributed by atoms with Crippen LogP contribution in [-0.2, 0) is 0 Å². The third-order valence-electron chi connectivity index (χ3n) is 1.70. The van der Waals surface area contributed by atoms with Crippen LogP contribution >= 0.6 is 11.6 Å². The van der Waals surface area contributed by atoms with E-state index in [-0.39, 0.29) is 12.5 Å². The lowest BCUT2D eigenvalue weighted by molar-refractivity contribution is 0.125. The van der Waals surface area contributed by atoms with Gasteiger partial charge in [0.2, 0.25) is 0 Å². The monoisotopic (exact) mass is 200 g/mol. The molecule has 13 heavy (non-hydrogen) atoms.